The number of carbonyl (C=O) groups excluding carboxylic acids is 1. The molecule has 1 aliphatic rings. The van der Waals surface area contributed by atoms with Gasteiger partial charge in [-0.25, -0.2) is 0 Å². The second kappa shape index (κ2) is 5.76. The van der Waals surface area contributed by atoms with Gasteiger partial charge in [-0.3, -0.25) is 4.79 Å². The van der Waals surface area contributed by atoms with Gasteiger partial charge in [0.05, 0.1) is 5.56 Å². The van der Waals surface area contributed by atoms with Crippen molar-refractivity contribution in [3.8, 4) is 0 Å². The molecule has 1 saturated carbocycles. The molecule has 0 N–H and O–H groups in total. The minimum absolute atomic E-state index is 0.165. The molecule has 4 heteroatoms. The Morgan fingerprint density at radius 2 is 1.58 bits per heavy atom. The Labute approximate surface area is 110 Å². The zero-order chi connectivity index (χ0) is 13.9. The van der Waals surface area contributed by atoms with E-state index in [2.05, 4.69) is 0 Å². The molecule has 0 spiro atoms. The highest BCUT2D eigenvalue weighted by Gasteiger charge is 2.36. The van der Waals surface area contributed by atoms with Crippen LogP contribution in [-0.4, -0.2) is 5.78 Å². The van der Waals surface area contributed by atoms with Crippen LogP contribution in [0.5, 0.6) is 0 Å². The second-order valence-electron chi connectivity index (χ2n) is 5.10. The monoisotopic (exact) mass is 270 g/mol. The van der Waals surface area contributed by atoms with Gasteiger partial charge in [-0.15, -0.1) is 0 Å². The summed E-state index contributed by atoms with van der Waals surface area (Å²) in [7, 11) is 0. The van der Waals surface area contributed by atoms with Gasteiger partial charge in [0.2, 0.25) is 0 Å². The van der Waals surface area contributed by atoms with E-state index in [1.165, 1.54) is 18.2 Å². The third-order valence-corrected chi connectivity index (χ3v) is 3.72. The molecule has 0 bridgehead atoms. The van der Waals surface area contributed by atoms with E-state index in [0.717, 1.165) is 31.7 Å². The summed E-state index contributed by atoms with van der Waals surface area (Å²) < 4.78 is 38.7. The molecule has 104 valence electrons. The van der Waals surface area contributed by atoms with Gasteiger partial charge in [-0.1, -0.05) is 43.9 Å². The van der Waals surface area contributed by atoms with Crippen LogP contribution < -0.4 is 0 Å². The van der Waals surface area contributed by atoms with Crippen molar-refractivity contribution in [1.29, 1.82) is 0 Å². The summed E-state index contributed by atoms with van der Waals surface area (Å²) in [6, 6.07) is 5.12. The summed E-state index contributed by atoms with van der Waals surface area (Å²) in [5.74, 6) is -0.583. The van der Waals surface area contributed by atoms with E-state index in [0.29, 0.717) is 12.8 Å². The van der Waals surface area contributed by atoms with Crippen molar-refractivity contribution in [1.82, 2.24) is 0 Å². The lowest BCUT2D eigenvalue weighted by atomic mass is 9.89. The number of benzene rings is 1. The van der Waals surface area contributed by atoms with Crippen LogP contribution in [0.1, 0.15) is 54.4 Å². The predicted molar refractivity (Wildman–Crippen MR) is 67.0 cm³/mol. The Bertz CT molecular complexity index is 443. The number of Topliss-reactive ketones (excluding diaryl/α,β-unsaturated/α-hetero) is 1. The topological polar surface area (TPSA) is 17.1 Å². The van der Waals surface area contributed by atoms with Crippen LogP contribution in [-0.2, 0) is 6.18 Å². The van der Waals surface area contributed by atoms with E-state index in [9.17, 15) is 18.0 Å². The second-order valence-corrected chi connectivity index (χ2v) is 5.10. The molecule has 0 unspecified atom stereocenters. The van der Waals surface area contributed by atoms with E-state index < -0.39 is 11.7 Å². The average Bonchev–Trinajstić information content (AvgIpc) is 2.66. The Balaban J connectivity index is 2.28. The highest BCUT2D eigenvalue weighted by atomic mass is 19.4. The third kappa shape index (κ3) is 3.37. The highest BCUT2D eigenvalue weighted by Crippen LogP contribution is 2.34. The Hall–Kier alpha value is -1.32. The molecule has 0 radical (unpaired) electrons. The highest BCUT2D eigenvalue weighted by molar-refractivity contribution is 5.99. The minimum atomic E-state index is -4.46. The summed E-state index contributed by atoms with van der Waals surface area (Å²) in [6.45, 7) is 0. The lowest BCUT2D eigenvalue weighted by molar-refractivity contribution is -0.137. The van der Waals surface area contributed by atoms with E-state index in [1.807, 2.05) is 0 Å². The zero-order valence-electron chi connectivity index (χ0n) is 10.7. The molecule has 1 aromatic carbocycles. The normalized spacial score (nSPS) is 18.1. The lowest BCUT2D eigenvalue weighted by Gasteiger charge is -2.17. The zero-order valence-corrected chi connectivity index (χ0v) is 10.7. The molecule has 0 aromatic heterocycles. The average molecular weight is 270 g/mol. The number of ketones is 1. The molecule has 1 fully saturated rings. The Morgan fingerprint density at radius 1 is 1.00 bits per heavy atom. The lowest BCUT2D eigenvalue weighted by Crippen LogP contribution is -2.19. The van der Waals surface area contributed by atoms with E-state index in [-0.39, 0.29) is 17.3 Å². The SMILES string of the molecule is O=C(c1ccccc1C(F)(F)F)C1CCCCCC1. The van der Waals surface area contributed by atoms with Crippen molar-refractivity contribution in [2.75, 3.05) is 0 Å². The molecule has 0 amide bonds. The molecular weight excluding hydrogens is 253 g/mol. The predicted octanol–water partition coefficient (Wildman–Crippen LogP) is 4.86. The number of halogens is 3. The smallest absolute Gasteiger partial charge is 0.294 e. The molecule has 0 saturated heterocycles. The van der Waals surface area contributed by atoms with Gasteiger partial charge < -0.3 is 0 Å². The molecule has 2 rings (SSSR count). The number of rotatable bonds is 2. The molecule has 1 aromatic rings. The standard InChI is InChI=1S/C15H17F3O/c16-15(17,18)13-10-6-5-9-12(13)14(19)11-7-3-1-2-4-8-11/h5-6,9-11H,1-4,7-8H2. The van der Waals surface area contributed by atoms with Crippen molar-refractivity contribution in [3.63, 3.8) is 0 Å². The van der Waals surface area contributed by atoms with Crippen LogP contribution in [0.4, 0.5) is 13.2 Å². The maximum absolute atomic E-state index is 12.9. The number of hydrogen-bond acceptors (Lipinski definition) is 1. The van der Waals surface area contributed by atoms with Crippen molar-refractivity contribution < 1.29 is 18.0 Å². The van der Waals surface area contributed by atoms with Crippen LogP contribution in [0.3, 0.4) is 0 Å². The molecule has 0 heterocycles. The summed E-state index contributed by atoms with van der Waals surface area (Å²) >= 11 is 0. The van der Waals surface area contributed by atoms with Gasteiger partial charge >= 0.3 is 6.18 Å². The molecule has 0 aliphatic heterocycles. The molecule has 19 heavy (non-hydrogen) atoms. The van der Waals surface area contributed by atoms with Crippen molar-refractivity contribution >= 4 is 5.78 Å². The third-order valence-electron chi connectivity index (χ3n) is 3.72. The molecule has 1 nitrogen and oxygen atoms in total. The van der Waals surface area contributed by atoms with Crippen molar-refractivity contribution in [2.45, 2.75) is 44.7 Å². The largest absolute Gasteiger partial charge is 0.417 e. The van der Waals surface area contributed by atoms with Gasteiger partial charge in [0, 0.05) is 11.5 Å². The molecule has 0 atom stereocenters. The fourth-order valence-corrected chi connectivity index (χ4v) is 2.71. The van der Waals surface area contributed by atoms with Gasteiger partial charge in [0.15, 0.2) is 5.78 Å². The first-order chi connectivity index (χ1) is 9.00. The van der Waals surface area contributed by atoms with Crippen LogP contribution in [0.15, 0.2) is 24.3 Å². The summed E-state index contributed by atoms with van der Waals surface area (Å²) in [5.41, 5.74) is -0.967. The van der Waals surface area contributed by atoms with E-state index in [1.54, 1.807) is 0 Å². The van der Waals surface area contributed by atoms with Gasteiger partial charge in [-0.05, 0) is 18.9 Å². The van der Waals surface area contributed by atoms with E-state index >= 15 is 0 Å². The summed E-state index contributed by atoms with van der Waals surface area (Å²) in [4.78, 5) is 12.3. The van der Waals surface area contributed by atoms with Crippen LogP contribution in [0, 0.1) is 5.92 Å². The maximum Gasteiger partial charge on any atom is 0.417 e. The van der Waals surface area contributed by atoms with E-state index in [4.69, 9.17) is 0 Å². The first-order valence-electron chi connectivity index (χ1n) is 6.70. The maximum atomic E-state index is 12.9. The first kappa shape index (κ1) is 14.1. The van der Waals surface area contributed by atoms with Crippen molar-refractivity contribution in [2.24, 2.45) is 5.92 Å². The van der Waals surface area contributed by atoms with Crippen LogP contribution >= 0.6 is 0 Å². The van der Waals surface area contributed by atoms with Gasteiger partial charge in [0.25, 0.3) is 0 Å². The number of carbonyl (C=O) groups is 1. The fourth-order valence-electron chi connectivity index (χ4n) is 2.71. The van der Waals surface area contributed by atoms with Crippen molar-refractivity contribution in [3.05, 3.63) is 35.4 Å². The fraction of sp³-hybridized carbons (Fsp3) is 0.533. The Kier molecular flexibility index (Phi) is 4.27. The minimum Gasteiger partial charge on any atom is -0.294 e. The summed E-state index contributed by atoms with van der Waals surface area (Å²) in [6.07, 6.45) is 0.984. The Morgan fingerprint density at radius 3 is 2.16 bits per heavy atom. The van der Waals surface area contributed by atoms with Gasteiger partial charge in [0.1, 0.15) is 0 Å². The summed E-state index contributed by atoms with van der Waals surface area (Å²) in [5, 5.41) is 0. The first-order valence-corrected chi connectivity index (χ1v) is 6.70. The van der Waals surface area contributed by atoms with Crippen LogP contribution in [0.2, 0.25) is 0 Å². The molecular formula is C15H17F3O. The number of alkyl halides is 3. The quantitative estimate of drug-likeness (QED) is 0.554. The molecule has 1 aliphatic carbocycles. The van der Waals surface area contributed by atoms with Gasteiger partial charge in [-0.2, -0.15) is 13.2 Å². The number of hydrogen-bond donors (Lipinski definition) is 0. The van der Waals surface area contributed by atoms with Crippen LogP contribution in [0.25, 0.3) is 0 Å².